The number of carbonyl (C=O) groups is 1. The van der Waals surface area contributed by atoms with Crippen LogP contribution in [-0.2, 0) is 11.3 Å². The van der Waals surface area contributed by atoms with Gasteiger partial charge in [-0.2, -0.15) is 0 Å². The molecule has 0 bridgehead atoms. The normalized spacial score (nSPS) is 16.1. The van der Waals surface area contributed by atoms with Gasteiger partial charge in [0.05, 0.1) is 13.1 Å². The summed E-state index contributed by atoms with van der Waals surface area (Å²) in [5.41, 5.74) is 3.11. The second-order valence-electron chi connectivity index (χ2n) is 6.58. The molecule has 1 N–H and O–H groups in total. The summed E-state index contributed by atoms with van der Waals surface area (Å²) in [6.45, 7) is 10.4. The lowest BCUT2D eigenvalue weighted by Gasteiger charge is -2.33. The molecule has 0 aliphatic carbocycles. The van der Waals surface area contributed by atoms with Gasteiger partial charge < -0.3 is 9.73 Å². The van der Waals surface area contributed by atoms with Crippen molar-refractivity contribution < 1.29 is 9.21 Å². The van der Waals surface area contributed by atoms with Gasteiger partial charge in [-0.25, -0.2) is 0 Å². The molecule has 0 spiro atoms. The highest BCUT2D eigenvalue weighted by Crippen LogP contribution is 2.19. The second kappa shape index (κ2) is 7.76. The number of amides is 1. The third kappa shape index (κ3) is 4.64. The van der Waals surface area contributed by atoms with E-state index in [-0.39, 0.29) is 5.91 Å². The average molecular weight is 343 g/mol. The van der Waals surface area contributed by atoms with Gasteiger partial charge in [-0.1, -0.05) is 18.2 Å². The number of piperazine rings is 1. The zero-order valence-electron chi connectivity index (χ0n) is 15.1. The van der Waals surface area contributed by atoms with E-state index < -0.39 is 0 Å². The summed E-state index contributed by atoms with van der Waals surface area (Å²) in [5, 5.41) is 10.9. The van der Waals surface area contributed by atoms with Gasteiger partial charge in [0.15, 0.2) is 0 Å². The van der Waals surface area contributed by atoms with Gasteiger partial charge in [0.25, 0.3) is 0 Å². The molecule has 1 amide bonds. The minimum atomic E-state index is 0.0402. The van der Waals surface area contributed by atoms with Gasteiger partial charge >= 0.3 is 0 Å². The third-order valence-corrected chi connectivity index (χ3v) is 4.50. The molecule has 0 saturated carbocycles. The van der Waals surface area contributed by atoms with Crippen LogP contribution in [0, 0.1) is 20.8 Å². The van der Waals surface area contributed by atoms with Crippen LogP contribution in [0.2, 0.25) is 0 Å². The highest BCUT2D eigenvalue weighted by molar-refractivity contribution is 5.93. The molecule has 7 nitrogen and oxygen atoms in total. The molecule has 0 atom stereocenters. The van der Waals surface area contributed by atoms with E-state index in [0.29, 0.717) is 24.9 Å². The van der Waals surface area contributed by atoms with Crippen LogP contribution in [0.5, 0.6) is 0 Å². The molecular weight excluding hydrogens is 318 g/mol. The number of anilines is 1. The van der Waals surface area contributed by atoms with E-state index in [1.54, 1.807) is 6.92 Å². The van der Waals surface area contributed by atoms with Crippen molar-refractivity contribution >= 4 is 11.6 Å². The zero-order chi connectivity index (χ0) is 17.8. The van der Waals surface area contributed by atoms with Crippen LogP contribution in [-0.4, -0.2) is 58.6 Å². The fourth-order valence-electron chi connectivity index (χ4n) is 3.09. The standard InChI is InChI=1S/C18H25N5O2/c1-13-5-4-6-14(2)18(13)19-16(24)11-22-7-9-23(10-8-22)12-17-21-20-15(3)25-17/h4-6H,7-12H2,1-3H3,(H,19,24). The first-order chi connectivity index (χ1) is 12.0. The van der Waals surface area contributed by atoms with E-state index in [9.17, 15) is 4.79 Å². The Morgan fingerprint density at radius 2 is 1.72 bits per heavy atom. The second-order valence-corrected chi connectivity index (χ2v) is 6.58. The molecular formula is C18H25N5O2. The summed E-state index contributed by atoms with van der Waals surface area (Å²) in [4.78, 5) is 16.8. The Hall–Kier alpha value is -2.25. The van der Waals surface area contributed by atoms with E-state index in [1.165, 1.54) is 0 Å². The first-order valence-electron chi connectivity index (χ1n) is 8.61. The minimum absolute atomic E-state index is 0.0402. The maximum atomic E-state index is 12.4. The van der Waals surface area contributed by atoms with E-state index in [0.717, 1.165) is 43.0 Å². The fraction of sp³-hybridized carbons (Fsp3) is 0.500. The SMILES string of the molecule is Cc1nnc(CN2CCN(CC(=O)Nc3c(C)cccc3C)CC2)o1. The van der Waals surface area contributed by atoms with Crippen LogP contribution in [0.3, 0.4) is 0 Å². The lowest BCUT2D eigenvalue weighted by molar-refractivity contribution is -0.117. The van der Waals surface area contributed by atoms with E-state index in [1.807, 2.05) is 32.0 Å². The molecule has 1 aromatic carbocycles. The van der Waals surface area contributed by atoms with Crippen molar-refractivity contribution in [1.29, 1.82) is 0 Å². The van der Waals surface area contributed by atoms with Crippen LogP contribution in [0.4, 0.5) is 5.69 Å². The molecule has 1 aliphatic heterocycles. The lowest BCUT2D eigenvalue weighted by Crippen LogP contribution is -2.48. The Kier molecular flexibility index (Phi) is 5.45. The summed E-state index contributed by atoms with van der Waals surface area (Å²) in [6.07, 6.45) is 0. The number of hydrogen-bond donors (Lipinski definition) is 1. The summed E-state index contributed by atoms with van der Waals surface area (Å²) < 4.78 is 5.42. The van der Waals surface area contributed by atoms with E-state index in [4.69, 9.17) is 4.42 Å². The number of nitrogens with one attached hydrogen (secondary N) is 1. The van der Waals surface area contributed by atoms with Crippen molar-refractivity contribution in [2.45, 2.75) is 27.3 Å². The van der Waals surface area contributed by atoms with E-state index in [2.05, 4.69) is 25.3 Å². The predicted molar refractivity (Wildman–Crippen MR) is 95.3 cm³/mol. The van der Waals surface area contributed by atoms with Crippen LogP contribution in [0.15, 0.2) is 22.6 Å². The molecule has 3 rings (SSSR count). The molecule has 1 fully saturated rings. The molecule has 7 heteroatoms. The number of aryl methyl sites for hydroxylation is 3. The van der Waals surface area contributed by atoms with Crippen molar-refractivity contribution in [2.75, 3.05) is 38.0 Å². The summed E-state index contributed by atoms with van der Waals surface area (Å²) in [6, 6.07) is 6.03. The van der Waals surface area contributed by atoms with Gasteiger partial charge in [0, 0.05) is 38.8 Å². The lowest BCUT2D eigenvalue weighted by atomic mass is 10.1. The maximum Gasteiger partial charge on any atom is 0.238 e. The van der Waals surface area contributed by atoms with Crippen LogP contribution in [0.1, 0.15) is 22.9 Å². The van der Waals surface area contributed by atoms with Crippen LogP contribution >= 0.6 is 0 Å². The Bertz CT molecular complexity index is 715. The van der Waals surface area contributed by atoms with Gasteiger partial charge in [-0.3, -0.25) is 14.6 Å². The summed E-state index contributed by atoms with van der Waals surface area (Å²) >= 11 is 0. The number of hydrogen-bond acceptors (Lipinski definition) is 6. The maximum absolute atomic E-state index is 12.4. The first-order valence-corrected chi connectivity index (χ1v) is 8.61. The fourth-order valence-corrected chi connectivity index (χ4v) is 3.09. The van der Waals surface area contributed by atoms with Crippen molar-refractivity contribution in [1.82, 2.24) is 20.0 Å². The Morgan fingerprint density at radius 3 is 2.32 bits per heavy atom. The molecule has 1 aromatic heterocycles. The van der Waals surface area contributed by atoms with Crippen LogP contribution in [0.25, 0.3) is 0 Å². The molecule has 2 heterocycles. The minimum Gasteiger partial charge on any atom is -0.424 e. The topological polar surface area (TPSA) is 74.5 Å². The number of nitrogens with zero attached hydrogens (tertiary/aromatic N) is 4. The van der Waals surface area contributed by atoms with Crippen molar-refractivity contribution in [3.63, 3.8) is 0 Å². The van der Waals surface area contributed by atoms with Crippen molar-refractivity contribution in [3.05, 3.63) is 41.1 Å². The summed E-state index contributed by atoms with van der Waals surface area (Å²) in [7, 11) is 0. The summed E-state index contributed by atoms with van der Waals surface area (Å²) in [5.74, 6) is 1.29. The molecule has 25 heavy (non-hydrogen) atoms. The van der Waals surface area contributed by atoms with Crippen molar-refractivity contribution in [3.8, 4) is 0 Å². The molecule has 2 aromatic rings. The van der Waals surface area contributed by atoms with Gasteiger partial charge in [-0.15, -0.1) is 10.2 Å². The molecule has 134 valence electrons. The van der Waals surface area contributed by atoms with Gasteiger partial charge in [-0.05, 0) is 25.0 Å². The molecule has 0 unspecified atom stereocenters. The first kappa shape index (κ1) is 17.6. The van der Waals surface area contributed by atoms with Crippen molar-refractivity contribution in [2.24, 2.45) is 0 Å². The van der Waals surface area contributed by atoms with Gasteiger partial charge in [0.1, 0.15) is 0 Å². The Labute approximate surface area is 148 Å². The highest BCUT2D eigenvalue weighted by atomic mass is 16.4. The quantitative estimate of drug-likeness (QED) is 0.891. The Balaban J connectivity index is 1.46. The number of para-hydroxylation sites is 1. The molecule has 0 radical (unpaired) electrons. The number of carbonyl (C=O) groups excluding carboxylic acids is 1. The number of aromatic nitrogens is 2. The number of rotatable bonds is 5. The third-order valence-electron chi connectivity index (χ3n) is 4.50. The zero-order valence-corrected chi connectivity index (χ0v) is 15.1. The average Bonchev–Trinajstić information content (AvgIpc) is 2.98. The largest absolute Gasteiger partial charge is 0.424 e. The smallest absolute Gasteiger partial charge is 0.238 e. The van der Waals surface area contributed by atoms with E-state index >= 15 is 0 Å². The highest BCUT2D eigenvalue weighted by Gasteiger charge is 2.20. The molecule has 1 saturated heterocycles. The monoisotopic (exact) mass is 343 g/mol. The van der Waals surface area contributed by atoms with Crippen LogP contribution < -0.4 is 5.32 Å². The van der Waals surface area contributed by atoms with Gasteiger partial charge in [0.2, 0.25) is 17.7 Å². The predicted octanol–water partition coefficient (Wildman–Crippen LogP) is 1.75. The molecule has 1 aliphatic rings. The number of benzene rings is 1. The Morgan fingerprint density at radius 1 is 1.08 bits per heavy atom.